The Hall–Kier alpha value is -1.42. The number of nitrogens with one attached hydrogen (secondary N) is 1. The molecular weight excluding hydrogens is 224 g/mol. The van der Waals surface area contributed by atoms with Gasteiger partial charge in [0.05, 0.1) is 11.7 Å². The van der Waals surface area contributed by atoms with E-state index < -0.39 is 0 Å². The number of hydrazone groups is 1. The second-order valence-electron chi connectivity index (χ2n) is 5.12. The van der Waals surface area contributed by atoms with Gasteiger partial charge in [0.2, 0.25) is 0 Å². The summed E-state index contributed by atoms with van der Waals surface area (Å²) in [7, 11) is 0. The van der Waals surface area contributed by atoms with Gasteiger partial charge >= 0.3 is 0 Å². The van der Waals surface area contributed by atoms with Crippen molar-refractivity contribution in [2.75, 3.05) is 19.6 Å². The van der Waals surface area contributed by atoms with Crippen LogP contribution in [0, 0.1) is 5.92 Å². The van der Waals surface area contributed by atoms with E-state index in [2.05, 4.69) is 39.5 Å². The van der Waals surface area contributed by atoms with Crippen LogP contribution in [0.1, 0.15) is 31.5 Å². The van der Waals surface area contributed by atoms with Crippen LogP contribution >= 0.6 is 0 Å². The first-order valence-corrected chi connectivity index (χ1v) is 6.83. The van der Waals surface area contributed by atoms with Crippen LogP contribution in [-0.2, 0) is 0 Å². The van der Waals surface area contributed by atoms with E-state index >= 15 is 0 Å². The zero-order valence-corrected chi connectivity index (χ0v) is 10.8. The van der Waals surface area contributed by atoms with Crippen molar-refractivity contribution in [2.45, 2.75) is 25.8 Å². The van der Waals surface area contributed by atoms with E-state index in [0.717, 1.165) is 25.2 Å². The lowest BCUT2D eigenvalue weighted by Crippen LogP contribution is -2.42. The fourth-order valence-electron chi connectivity index (χ4n) is 2.96. The molecule has 0 saturated carbocycles. The Morgan fingerprint density at radius 2 is 2.39 bits per heavy atom. The van der Waals surface area contributed by atoms with Crippen LogP contribution in [-0.4, -0.2) is 35.2 Å². The maximum Gasteiger partial charge on any atom is 0.0953 e. The van der Waals surface area contributed by atoms with Gasteiger partial charge in [-0.1, -0.05) is 13.0 Å². The Balaban J connectivity index is 1.76. The lowest BCUT2D eigenvalue weighted by Gasteiger charge is -2.33. The van der Waals surface area contributed by atoms with E-state index in [1.807, 2.05) is 12.3 Å². The van der Waals surface area contributed by atoms with Crippen molar-refractivity contribution >= 4 is 5.71 Å². The minimum absolute atomic E-state index is 0.265. The van der Waals surface area contributed by atoms with Gasteiger partial charge in [-0.2, -0.15) is 5.10 Å². The topological polar surface area (TPSA) is 40.5 Å². The lowest BCUT2D eigenvalue weighted by molar-refractivity contribution is 0.227. The first-order chi connectivity index (χ1) is 8.88. The number of likely N-dealkylation sites (tertiary alicyclic amines) is 1. The number of fused-ring (bicyclic) bond motifs is 1. The summed E-state index contributed by atoms with van der Waals surface area (Å²) in [5.41, 5.74) is 5.72. The lowest BCUT2D eigenvalue weighted by atomic mass is 9.88. The molecule has 2 aliphatic heterocycles. The van der Waals surface area contributed by atoms with Gasteiger partial charge in [0.1, 0.15) is 0 Å². The average molecular weight is 244 g/mol. The molecule has 2 atom stereocenters. The van der Waals surface area contributed by atoms with Crippen molar-refractivity contribution in [3.63, 3.8) is 0 Å². The molecule has 3 heterocycles. The number of hydrogen-bond acceptors (Lipinski definition) is 4. The Kier molecular flexibility index (Phi) is 3.28. The van der Waals surface area contributed by atoms with Crippen LogP contribution < -0.4 is 5.43 Å². The van der Waals surface area contributed by atoms with Crippen molar-refractivity contribution in [1.82, 2.24) is 15.3 Å². The molecule has 4 heteroatoms. The van der Waals surface area contributed by atoms with E-state index in [4.69, 9.17) is 0 Å². The molecule has 0 spiro atoms. The first kappa shape index (κ1) is 11.7. The molecular formula is C14H20N4. The molecule has 18 heavy (non-hydrogen) atoms. The van der Waals surface area contributed by atoms with Crippen LogP contribution in [0.25, 0.3) is 0 Å². The summed E-state index contributed by atoms with van der Waals surface area (Å²) in [5, 5.41) is 4.51. The molecule has 0 amide bonds. The largest absolute Gasteiger partial charge is 0.302 e. The van der Waals surface area contributed by atoms with Crippen molar-refractivity contribution in [1.29, 1.82) is 0 Å². The molecule has 3 rings (SSSR count). The number of hydrogen-bond donors (Lipinski definition) is 1. The summed E-state index contributed by atoms with van der Waals surface area (Å²) in [6.45, 7) is 5.70. The standard InChI is InChI=1S/C14H20N4/c1-2-8-18-9-6-12-11(10-18)14(17-16-12)13-5-3-4-7-15-13/h3-5,7,11,14,17H,2,6,8-10H2,1H3. The first-order valence-electron chi connectivity index (χ1n) is 6.83. The van der Waals surface area contributed by atoms with Crippen molar-refractivity contribution in [3.05, 3.63) is 30.1 Å². The van der Waals surface area contributed by atoms with E-state index in [1.165, 1.54) is 18.7 Å². The minimum Gasteiger partial charge on any atom is -0.302 e. The number of piperidine rings is 1. The highest BCUT2D eigenvalue weighted by molar-refractivity contribution is 5.89. The molecule has 0 radical (unpaired) electrons. The van der Waals surface area contributed by atoms with E-state index in [0.29, 0.717) is 5.92 Å². The highest BCUT2D eigenvalue weighted by Crippen LogP contribution is 2.31. The summed E-state index contributed by atoms with van der Waals surface area (Å²) in [6.07, 6.45) is 4.18. The van der Waals surface area contributed by atoms with Gasteiger partial charge in [0, 0.05) is 37.3 Å². The van der Waals surface area contributed by atoms with E-state index in [1.54, 1.807) is 0 Å². The second kappa shape index (κ2) is 5.06. The summed E-state index contributed by atoms with van der Waals surface area (Å²) in [4.78, 5) is 7.02. The zero-order chi connectivity index (χ0) is 12.4. The quantitative estimate of drug-likeness (QED) is 0.881. The molecule has 1 N–H and O–H groups in total. The summed E-state index contributed by atoms with van der Waals surface area (Å²) < 4.78 is 0. The van der Waals surface area contributed by atoms with Crippen LogP contribution in [0.15, 0.2) is 29.5 Å². The highest BCUT2D eigenvalue weighted by Gasteiger charge is 2.37. The van der Waals surface area contributed by atoms with Crippen molar-refractivity contribution < 1.29 is 0 Å². The van der Waals surface area contributed by atoms with Gasteiger partial charge in [0.15, 0.2) is 0 Å². The van der Waals surface area contributed by atoms with E-state index in [-0.39, 0.29) is 6.04 Å². The number of aromatic nitrogens is 1. The normalized spacial score (nSPS) is 27.5. The van der Waals surface area contributed by atoms with Crippen molar-refractivity contribution in [3.8, 4) is 0 Å². The molecule has 1 aromatic heterocycles. The summed E-state index contributed by atoms with van der Waals surface area (Å²) >= 11 is 0. The fraction of sp³-hybridized carbons (Fsp3) is 0.571. The van der Waals surface area contributed by atoms with Crippen LogP contribution in [0.4, 0.5) is 0 Å². The second-order valence-corrected chi connectivity index (χ2v) is 5.12. The molecule has 2 aliphatic rings. The Morgan fingerprint density at radius 3 is 3.17 bits per heavy atom. The van der Waals surface area contributed by atoms with Gasteiger partial charge in [-0.3, -0.25) is 4.98 Å². The molecule has 96 valence electrons. The molecule has 1 fully saturated rings. The number of nitrogens with zero attached hydrogens (tertiary/aromatic N) is 3. The van der Waals surface area contributed by atoms with Gasteiger partial charge in [-0.15, -0.1) is 0 Å². The van der Waals surface area contributed by atoms with Gasteiger partial charge in [-0.05, 0) is 25.1 Å². The monoisotopic (exact) mass is 244 g/mol. The predicted octanol–water partition coefficient (Wildman–Crippen LogP) is 1.81. The molecule has 1 saturated heterocycles. The molecule has 0 bridgehead atoms. The third-order valence-electron chi connectivity index (χ3n) is 3.86. The van der Waals surface area contributed by atoms with Crippen molar-refractivity contribution in [2.24, 2.45) is 11.0 Å². The summed E-state index contributed by atoms with van der Waals surface area (Å²) in [5.74, 6) is 0.500. The highest BCUT2D eigenvalue weighted by atomic mass is 15.4. The fourth-order valence-corrected chi connectivity index (χ4v) is 2.96. The smallest absolute Gasteiger partial charge is 0.0953 e. The van der Waals surface area contributed by atoms with Gasteiger partial charge in [-0.25, -0.2) is 0 Å². The third kappa shape index (κ3) is 2.12. The Labute approximate surface area is 108 Å². The van der Waals surface area contributed by atoms with Crippen LogP contribution in [0.3, 0.4) is 0 Å². The number of pyridine rings is 1. The zero-order valence-electron chi connectivity index (χ0n) is 10.8. The minimum atomic E-state index is 0.265. The maximum absolute atomic E-state index is 4.51. The Morgan fingerprint density at radius 1 is 1.44 bits per heavy atom. The van der Waals surface area contributed by atoms with E-state index in [9.17, 15) is 0 Å². The third-order valence-corrected chi connectivity index (χ3v) is 3.86. The molecule has 1 aromatic rings. The summed E-state index contributed by atoms with van der Waals surface area (Å²) in [6, 6.07) is 6.37. The Bertz CT molecular complexity index is 429. The molecule has 0 aromatic carbocycles. The SMILES string of the molecule is CCCN1CCC2=NNC(c3ccccn3)C2C1. The maximum atomic E-state index is 4.51. The van der Waals surface area contributed by atoms with Crippen LogP contribution in [0.2, 0.25) is 0 Å². The van der Waals surface area contributed by atoms with Gasteiger partial charge < -0.3 is 10.3 Å². The van der Waals surface area contributed by atoms with Crippen LogP contribution in [0.5, 0.6) is 0 Å². The average Bonchev–Trinajstić information content (AvgIpc) is 2.83. The number of rotatable bonds is 3. The molecule has 0 aliphatic carbocycles. The molecule has 2 unspecified atom stereocenters. The molecule has 4 nitrogen and oxygen atoms in total. The predicted molar refractivity (Wildman–Crippen MR) is 72.4 cm³/mol. The van der Waals surface area contributed by atoms with Gasteiger partial charge in [0.25, 0.3) is 0 Å².